The zero-order chi connectivity index (χ0) is 30.2. The Hall–Kier alpha value is -3.84. The van der Waals surface area contributed by atoms with E-state index >= 15 is 0 Å². The molecule has 1 aromatic carbocycles. The van der Waals surface area contributed by atoms with E-state index < -0.39 is 0 Å². The van der Waals surface area contributed by atoms with Gasteiger partial charge in [-0.25, -0.2) is 9.97 Å². The van der Waals surface area contributed by atoms with Gasteiger partial charge in [0.15, 0.2) is 5.82 Å². The van der Waals surface area contributed by atoms with Gasteiger partial charge in [-0.05, 0) is 49.2 Å². The maximum absolute atomic E-state index is 13.6. The smallest absolute Gasteiger partial charge is 0.254 e. The van der Waals surface area contributed by atoms with Gasteiger partial charge in [-0.3, -0.25) is 9.59 Å². The van der Waals surface area contributed by atoms with Crippen LogP contribution in [0.5, 0.6) is 0 Å². The second-order valence-electron chi connectivity index (χ2n) is 11.8. The molecule has 0 saturated carbocycles. The SMILES string of the molecule is C[C@H]1NC(=O)CCOCCOCCn2c(-c3nc4cc5c(cc4n3C)CCN(C[C@H]3COCCN3)C5=O)cc3ccc1nc32. The van der Waals surface area contributed by atoms with Crippen LogP contribution in [0, 0.1) is 0 Å². The highest BCUT2D eigenvalue weighted by Crippen LogP contribution is 2.32. The van der Waals surface area contributed by atoms with E-state index in [1.807, 2.05) is 37.1 Å². The van der Waals surface area contributed by atoms with Gasteiger partial charge >= 0.3 is 0 Å². The zero-order valence-corrected chi connectivity index (χ0v) is 25.3. The predicted molar refractivity (Wildman–Crippen MR) is 164 cm³/mol. The Kier molecular flexibility index (Phi) is 8.06. The summed E-state index contributed by atoms with van der Waals surface area (Å²) in [4.78, 5) is 38.0. The van der Waals surface area contributed by atoms with E-state index in [-0.39, 0.29) is 23.9 Å². The molecule has 3 aromatic heterocycles. The van der Waals surface area contributed by atoms with Crippen LogP contribution in [0.2, 0.25) is 0 Å². The minimum absolute atomic E-state index is 0.0462. The largest absolute Gasteiger partial charge is 0.379 e. The molecule has 6 heterocycles. The van der Waals surface area contributed by atoms with E-state index in [1.54, 1.807) is 0 Å². The van der Waals surface area contributed by atoms with Gasteiger partial charge in [-0.2, -0.15) is 0 Å². The van der Waals surface area contributed by atoms with Crippen LogP contribution in [0.4, 0.5) is 0 Å². The molecule has 12 nitrogen and oxygen atoms in total. The molecule has 44 heavy (non-hydrogen) atoms. The number of fused-ring (bicyclic) bond motifs is 3. The van der Waals surface area contributed by atoms with E-state index in [0.717, 1.165) is 63.4 Å². The number of carbonyl (C=O) groups is 2. The number of amides is 2. The van der Waals surface area contributed by atoms with Gasteiger partial charge < -0.3 is 38.9 Å². The average Bonchev–Trinajstić information content (AvgIpc) is 3.55. The third-order valence-corrected chi connectivity index (χ3v) is 8.83. The molecule has 0 unspecified atom stereocenters. The molecule has 0 spiro atoms. The summed E-state index contributed by atoms with van der Waals surface area (Å²) in [5, 5.41) is 7.47. The molecule has 2 N–H and O–H groups in total. The quantitative estimate of drug-likeness (QED) is 0.366. The highest BCUT2D eigenvalue weighted by atomic mass is 16.5. The molecule has 1 saturated heterocycles. The van der Waals surface area contributed by atoms with Crippen molar-refractivity contribution in [3.05, 3.63) is 47.2 Å². The summed E-state index contributed by atoms with van der Waals surface area (Å²) < 4.78 is 21.3. The molecule has 2 atom stereocenters. The fraction of sp³-hybridized carbons (Fsp3) is 0.500. The molecule has 1 fully saturated rings. The maximum atomic E-state index is 13.6. The van der Waals surface area contributed by atoms with Gasteiger partial charge in [0, 0.05) is 56.6 Å². The van der Waals surface area contributed by atoms with Crippen molar-refractivity contribution in [1.82, 2.24) is 34.6 Å². The number of hydrogen-bond donors (Lipinski definition) is 2. The van der Waals surface area contributed by atoms with Crippen LogP contribution in [0.1, 0.15) is 41.0 Å². The Labute approximate surface area is 255 Å². The first-order valence-corrected chi connectivity index (χ1v) is 15.5. The van der Waals surface area contributed by atoms with Gasteiger partial charge in [0.05, 0.1) is 68.1 Å². The van der Waals surface area contributed by atoms with Crippen LogP contribution in [-0.2, 0) is 39.0 Å². The first-order valence-electron chi connectivity index (χ1n) is 15.5. The number of ether oxygens (including phenoxy) is 3. The molecular weight excluding hydrogens is 562 g/mol. The first-order chi connectivity index (χ1) is 21.5. The lowest BCUT2D eigenvalue weighted by molar-refractivity contribution is -0.123. The van der Waals surface area contributed by atoms with Gasteiger partial charge in [-0.15, -0.1) is 0 Å². The standard InChI is InChI=1S/C32H39N7O5/c1-20-25-4-3-22-16-28(39(30(22)35-25)9-12-43-14-13-42-10-6-29(40)34-20)31-36-26-17-24-21(15-27(26)37(31)2)5-8-38(32(24)41)18-23-19-44-11-7-33-23/h3-4,15-17,20,23,33H,5-14,18-19H2,1-2H3,(H,34,40)/t20-,23+/m1/s1. The molecule has 4 aromatic rings. The fourth-order valence-corrected chi connectivity index (χ4v) is 6.45. The Balaban J connectivity index is 1.25. The second-order valence-corrected chi connectivity index (χ2v) is 11.8. The van der Waals surface area contributed by atoms with Crippen molar-refractivity contribution in [2.45, 2.75) is 38.4 Å². The van der Waals surface area contributed by atoms with E-state index in [2.05, 4.69) is 31.9 Å². The van der Waals surface area contributed by atoms with Crippen LogP contribution in [0.3, 0.4) is 0 Å². The summed E-state index contributed by atoms with van der Waals surface area (Å²) in [7, 11) is 2.02. The number of nitrogens with zero attached hydrogens (tertiary/aromatic N) is 5. The summed E-state index contributed by atoms with van der Waals surface area (Å²) in [5.41, 5.74) is 6.05. The third kappa shape index (κ3) is 5.58. The van der Waals surface area contributed by atoms with E-state index in [9.17, 15) is 9.59 Å². The second kappa shape index (κ2) is 12.3. The van der Waals surface area contributed by atoms with Crippen LogP contribution in [-0.4, -0.2) is 101 Å². The lowest BCUT2D eigenvalue weighted by atomic mass is 9.97. The van der Waals surface area contributed by atoms with Crippen LogP contribution < -0.4 is 10.6 Å². The van der Waals surface area contributed by atoms with Crippen LogP contribution in [0.25, 0.3) is 33.6 Å². The van der Waals surface area contributed by atoms with Crippen molar-refractivity contribution in [3.63, 3.8) is 0 Å². The topological polar surface area (TPSA) is 125 Å². The summed E-state index contributed by atoms with van der Waals surface area (Å²) >= 11 is 0. The number of morpholine rings is 1. The number of rotatable bonds is 3. The number of nitrogens with one attached hydrogen (secondary N) is 2. The Morgan fingerprint density at radius 3 is 2.66 bits per heavy atom. The maximum Gasteiger partial charge on any atom is 0.254 e. The van der Waals surface area contributed by atoms with E-state index in [1.165, 1.54) is 0 Å². The fourth-order valence-electron chi connectivity index (χ4n) is 6.45. The molecule has 3 aliphatic heterocycles. The van der Waals surface area contributed by atoms with Crippen molar-refractivity contribution < 1.29 is 23.8 Å². The lowest BCUT2D eigenvalue weighted by Gasteiger charge is -2.33. The summed E-state index contributed by atoms with van der Waals surface area (Å²) in [6.07, 6.45) is 1.09. The minimum Gasteiger partial charge on any atom is -0.379 e. The third-order valence-electron chi connectivity index (χ3n) is 8.83. The predicted octanol–water partition coefficient (Wildman–Crippen LogP) is 2.19. The minimum atomic E-state index is -0.249. The molecule has 0 radical (unpaired) electrons. The van der Waals surface area contributed by atoms with Crippen LogP contribution >= 0.6 is 0 Å². The summed E-state index contributed by atoms with van der Waals surface area (Å²) in [6, 6.07) is 10.1. The van der Waals surface area contributed by atoms with Gasteiger partial charge in [0.1, 0.15) is 5.65 Å². The summed E-state index contributed by atoms with van der Waals surface area (Å²) in [6.45, 7) is 7.68. The number of benzene rings is 1. The first kappa shape index (κ1) is 28.9. The van der Waals surface area contributed by atoms with Crippen molar-refractivity contribution in [2.75, 3.05) is 59.3 Å². The number of aromatic nitrogens is 4. The summed E-state index contributed by atoms with van der Waals surface area (Å²) in [5.74, 6) is 0.761. The number of hydrogen-bond acceptors (Lipinski definition) is 8. The lowest BCUT2D eigenvalue weighted by Crippen LogP contribution is -2.51. The van der Waals surface area contributed by atoms with Gasteiger partial charge in [0.25, 0.3) is 5.91 Å². The molecule has 0 aliphatic carbocycles. The average molecular weight is 602 g/mol. The molecule has 7 rings (SSSR count). The van der Waals surface area contributed by atoms with Crippen molar-refractivity contribution in [3.8, 4) is 11.5 Å². The van der Waals surface area contributed by atoms with Crippen LogP contribution in [0.15, 0.2) is 30.3 Å². The zero-order valence-electron chi connectivity index (χ0n) is 25.3. The molecule has 2 amide bonds. The van der Waals surface area contributed by atoms with Crippen molar-refractivity contribution in [2.24, 2.45) is 7.05 Å². The Morgan fingerprint density at radius 1 is 0.955 bits per heavy atom. The highest BCUT2D eigenvalue weighted by molar-refractivity contribution is 6.00. The number of aryl methyl sites for hydroxylation is 1. The monoisotopic (exact) mass is 601 g/mol. The molecule has 3 aliphatic rings. The van der Waals surface area contributed by atoms with Crippen molar-refractivity contribution in [1.29, 1.82) is 0 Å². The Bertz CT molecular complexity index is 1710. The number of carbonyl (C=O) groups excluding carboxylic acids is 2. The van der Waals surface area contributed by atoms with Gasteiger partial charge in [0.2, 0.25) is 5.91 Å². The van der Waals surface area contributed by atoms with E-state index in [4.69, 9.17) is 24.2 Å². The molecular formula is C32H39N7O5. The number of imidazole rings is 1. The number of pyridine rings is 1. The van der Waals surface area contributed by atoms with Crippen molar-refractivity contribution >= 4 is 33.9 Å². The molecule has 12 heteroatoms. The molecule has 2 bridgehead atoms. The Morgan fingerprint density at radius 2 is 1.82 bits per heavy atom. The molecule has 232 valence electrons. The van der Waals surface area contributed by atoms with E-state index in [0.29, 0.717) is 65.7 Å². The highest BCUT2D eigenvalue weighted by Gasteiger charge is 2.29. The normalized spacial score (nSPS) is 22.2. The van der Waals surface area contributed by atoms with Gasteiger partial charge in [-0.1, -0.05) is 0 Å².